The average molecular weight is 526 g/mol. The van der Waals surface area contributed by atoms with Crippen LogP contribution in [-0.4, -0.2) is 30.2 Å². The van der Waals surface area contributed by atoms with Gasteiger partial charge in [-0.1, -0.05) is 23.7 Å². The zero-order valence-corrected chi connectivity index (χ0v) is 20.9. The van der Waals surface area contributed by atoms with Gasteiger partial charge in [-0.2, -0.15) is 0 Å². The van der Waals surface area contributed by atoms with Crippen molar-refractivity contribution in [1.29, 1.82) is 0 Å². The van der Waals surface area contributed by atoms with Crippen LogP contribution in [0.25, 0.3) is 10.9 Å². The number of hydrogen-bond acceptors (Lipinski definition) is 6. The number of methoxy groups -OCH3 is 2. The number of pyridine rings is 1. The summed E-state index contributed by atoms with van der Waals surface area (Å²) >= 11 is 11.1. The number of benzene rings is 3. The molecule has 3 aromatic carbocycles. The van der Waals surface area contributed by atoms with Crippen LogP contribution in [0, 0.1) is 5.82 Å². The molecule has 7 nitrogen and oxygen atoms in total. The topological polar surface area (TPSA) is 81.7 Å². The van der Waals surface area contributed by atoms with E-state index in [1.165, 1.54) is 26.4 Å². The number of thiocarbonyl (C=S) groups is 1. The second-order valence-corrected chi connectivity index (χ2v) is 8.43. The Kier molecular flexibility index (Phi) is 7.82. The van der Waals surface area contributed by atoms with Crippen LogP contribution < -0.4 is 24.8 Å². The normalized spacial score (nSPS) is 10.6. The minimum Gasteiger partial charge on any atom is -0.493 e. The molecule has 1 heterocycles. The van der Waals surface area contributed by atoms with Crippen LogP contribution in [0.15, 0.2) is 66.9 Å². The molecule has 1 aromatic heterocycles. The Labute approximate surface area is 217 Å². The minimum atomic E-state index is -0.626. The SMILES string of the molecule is COc1cc2nccc(Oc3ccc(NC(=S)NC(=O)Cc4cccc(Cl)c4)cc3F)c2cc1OC. The number of fused-ring (bicyclic) bond motifs is 1. The molecule has 0 aliphatic rings. The van der Waals surface area contributed by atoms with Gasteiger partial charge in [-0.3, -0.25) is 9.78 Å². The fourth-order valence-electron chi connectivity index (χ4n) is 3.48. The molecule has 4 rings (SSSR count). The van der Waals surface area contributed by atoms with Gasteiger partial charge in [0.2, 0.25) is 5.91 Å². The van der Waals surface area contributed by atoms with Crippen LogP contribution in [0.1, 0.15) is 5.56 Å². The van der Waals surface area contributed by atoms with E-state index in [0.717, 1.165) is 5.56 Å². The van der Waals surface area contributed by atoms with Gasteiger partial charge in [0, 0.05) is 34.4 Å². The first kappa shape index (κ1) is 25.2. The summed E-state index contributed by atoms with van der Waals surface area (Å²) in [5, 5.41) is 6.57. The Hall–Kier alpha value is -3.95. The molecule has 0 aliphatic heterocycles. The summed E-state index contributed by atoms with van der Waals surface area (Å²) in [6.45, 7) is 0. The minimum absolute atomic E-state index is 0.00116. The summed E-state index contributed by atoms with van der Waals surface area (Å²) in [5.74, 6) is 0.453. The monoisotopic (exact) mass is 525 g/mol. The van der Waals surface area contributed by atoms with E-state index in [9.17, 15) is 9.18 Å². The van der Waals surface area contributed by atoms with Gasteiger partial charge in [-0.05, 0) is 54.2 Å². The summed E-state index contributed by atoms with van der Waals surface area (Å²) in [7, 11) is 3.06. The molecular weight excluding hydrogens is 505 g/mol. The van der Waals surface area contributed by atoms with Crippen molar-refractivity contribution in [3.8, 4) is 23.0 Å². The third-order valence-corrected chi connectivity index (χ3v) is 5.56. The van der Waals surface area contributed by atoms with E-state index in [2.05, 4.69) is 15.6 Å². The van der Waals surface area contributed by atoms with Crippen molar-refractivity contribution >= 4 is 51.4 Å². The zero-order valence-electron chi connectivity index (χ0n) is 19.3. The third kappa shape index (κ3) is 5.99. The number of aromatic nitrogens is 1. The predicted octanol–water partition coefficient (Wildman–Crippen LogP) is 5.89. The van der Waals surface area contributed by atoms with Gasteiger partial charge in [0.25, 0.3) is 0 Å². The standard InChI is InChI=1S/C26H21ClFN3O4S/c1-33-23-13-18-20(14-24(23)34-2)29-9-8-21(18)35-22-7-6-17(12-19(22)28)30-26(36)31-25(32)11-15-4-3-5-16(27)10-15/h3-10,12-14H,11H2,1-2H3,(H2,30,31,32,36). The lowest BCUT2D eigenvalue weighted by atomic mass is 10.1. The molecule has 0 atom stereocenters. The summed E-state index contributed by atoms with van der Waals surface area (Å²) in [5.41, 5.74) is 1.69. The largest absolute Gasteiger partial charge is 0.493 e. The molecule has 0 unspecified atom stereocenters. The van der Waals surface area contributed by atoms with E-state index in [1.807, 2.05) is 0 Å². The highest BCUT2D eigenvalue weighted by molar-refractivity contribution is 7.80. The van der Waals surface area contributed by atoms with E-state index in [1.54, 1.807) is 54.7 Å². The number of ether oxygens (including phenoxy) is 3. The van der Waals surface area contributed by atoms with Crippen molar-refractivity contribution in [2.24, 2.45) is 0 Å². The maximum Gasteiger partial charge on any atom is 0.230 e. The molecule has 2 N–H and O–H groups in total. The third-order valence-electron chi connectivity index (χ3n) is 5.12. The summed E-state index contributed by atoms with van der Waals surface area (Å²) in [4.78, 5) is 16.6. The fraction of sp³-hybridized carbons (Fsp3) is 0.115. The summed E-state index contributed by atoms with van der Waals surface area (Å²) in [6.07, 6.45) is 1.65. The number of nitrogens with zero attached hydrogens (tertiary/aromatic N) is 1. The zero-order chi connectivity index (χ0) is 25.7. The Balaban J connectivity index is 1.44. The van der Waals surface area contributed by atoms with Crippen LogP contribution in [-0.2, 0) is 11.2 Å². The predicted molar refractivity (Wildman–Crippen MR) is 141 cm³/mol. The Morgan fingerprint density at radius 2 is 1.78 bits per heavy atom. The van der Waals surface area contributed by atoms with Gasteiger partial charge >= 0.3 is 0 Å². The molecule has 184 valence electrons. The number of halogens is 2. The van der Waals surface area contributed by atoms with Crippen molar-refractivity contribution in [2.45, 2.75) is 6.42 Å². The first-order valence-electron chi connectivity index (χ1n) is 10.7. The molecular formula is C26H21ClFN3O4S. The Morgan fingerprint density at radius 3 is 2.50 bits per heavy atom. The number of carbonyl (C=O) groups excluding carboxylic acids is 1. The van der Waals surface area contributed by atoms with Crippen molar-refractivity contribution in [3.05, 3.63) is 83.3 Å². The van der Waals surface area contributed by atoms with E-state index in [4.69, 9.17) is 38.0 Å². The van der Waals surface area contributed by atoms with Crippen LogP contribution in [0.5, 0.6) is 23.0 Å². The highest BCUT2D eigenvalue weighted by Gasteiger charge is 2.14. The molecule has 1 amide bonds. The maximum atomic E-state index is 14.9. The second-order valence-electron chi connectivity index (χ2n) is 7.59. The lowest BCUT2D eigenvalue weighted by molar-refractivity contribution is -0.119. The lowest BCUT2D eigenvalue weighted by Crippen LogP contribution is -2.35. The molecule has 0 saturated heterocycles. The molecule has 10 heteroatoms. The Morgan fingerprint density at radius 1 is 1.00 bits per heavy atom. The highest BCUT2D eigenvalue weighted by Crippen LogP contribution is 2.37. The van der Waals surface area contributed by atoms with E-state index in [-0.39, 0.29) is 23.2 Å². The molecule has 4 aromatic rings. The fourth-order valence-corrected chi connectivity index (χ4v) is 3.93. The maximum absolute atomic E-state index is 14.9. The summed E-state index contributed by atoms with van der Waals surface area (Å²) < 4.78 is 31.4. The van der Waals surface area contributed by atoms with Gasteiger partial charge in [0.1, 0.15) is 5.75 Å². The molecule has 0 fully saturated rings. The van der Waals surface area contributed by atoms with Gasteiger partial charge in [-0.25, -0.2) is 4.39 Å². The second kappa shape index (κ2) is 11.2. The van der Waals surface area contributed by atoms with Crippen molar-refractivity contribution < 1.29 is 23.4 Å². The molecule has 0 radical (unpaired) electrons. The van der Waals surface area contributed by atoms with Gasteiger partial charge in [0.05, 0.1) is 26.2 Å². The van der Waals surface area contributed by atoms with Gasteiger partial charge < -0.3 is 24.8 Å². The van der Waals surface area contributed by atoms with Gasteiger partial charge in [0.15, 0.2) is 28.2 Å². The van der Waals surface area contributed by atoms with Crippen molar-refractivity contribution in [3.63, 3.8) is 0 Å². The number of amides is 1. The first-order chi connectivity index (χ1) is 17.4. The molecule has 0 saturated carbocycles. The highest BCUT2D eigenvalue weighted by atomic mass is 35.5. The quantitative estimate of drug-likeness (QED) is 0.291. The van der Waals surface area contributed by atoms with Crippen molar-refractivity contribution in [1.82, 2.24) is 10.3 Å². The number of anilines is 1. The molecule has 0 aliphatic carbocycles. The van der Waals surface area contributed by atoms with Crippen LogP contribution >= 0.6 is 23.8 Å². The van der Waals surface area contributed by atoms with Crippen molar-refractivity contribution in [2.75, 3.05) is 19.5 Å². The van der Waals surface area contributed by atoms with Crippen LogP contribution in [0.4, 0.5) is 10.1 Å². The molecule has 0 bridgehead atoms. The number of nitrogens with one attached hydrogen (secondary N) is 2. The molecule has 36 heavy (non-hydrogen) atoms. The smallest absolute Gasteiger partial charge is 0.230 e. The summed E-state index contributed by atoms with van der Waals surface area (Å²) in [6, 6.07) is 16.3. The van der Waals surface area contributed by atoms with E-state index < -0.39 is 5.82 Å². The number of rotatable bonds is 7. The number of carbonyl (C=O) groups is 1. The van der Waals surface area contributed by atoms with Crippen LogP contribution in [0.3, 0.4) is 0 Å². The molecule has 0 spiro atoms. The average Bonchev–Trinajstić information content (AvgIpc) is 2.84. The first-order valence-corrected chi connectivity index (χ1v) is 11.5. The number of hydrogen-bond donors (Lipinski definition) is 2. The van der Waals surface area contributed by atoms with Crippen LogP contribution in [0.2, 0.25) is 5.02 Å². The lowest BCUT2D eigenvalue weighted by Gasteiger charge is -2.14. The van der Waals surface area contributed by atoms with Gasteiger partial charge in [-0.15, -0.1) is 0 Å². The van der Waals surface area contributed by atoms with E-state index in [0.29, 0.717) is 38.9 Å². The Bertz CT molecular complexity index is 1450. The van der Waals surface area contributed by atoms with E-state index >= 15 is 0 Å².